The number of piperidine rings is 1. The number of guanidine groups is 1. The summed E-state index contributed by atoms with van der Waals surface area (Å²) in [7, 11) is 3.65. The maximum atomic E-state index is 12.8. The molecule has 1 aliphatic heterocycles. The molecule has 0 aromatic rings. The zero-order chi connectivity index (χ0) is 19.9. The average molecular weight is 508 g/mol. The number of nitrogens with one attached hydrogen (secondary N) is 1. The van der Waals surface area contributed by atoms with Crippen LogP contribution in [0.3, 0.4) is 0 Å². The first-order valence-corrected chi connectivity index (χ1v) is 10.3. The normalized spacial score (nSPS) is 21.6. The van der Waals surface area contributed by atoms with Crippen LogP contribution in [0.5, 0.6) is 0 Å². The van der Waals surface area contributed by atoms with Gasteiger partial charge in [-0.15, -0.1) is 24.0 Å². The third-order valence-electron chi connectivity index (χ3n) is 5.63. The van der Waals surface area contributed by atoms with E-state index in [0.717, 1.165) is 57.6 Å². The zero-order valence-electron chi connectivity index (χ0n) is 17.8. The summed E-state index contributed by atoms with van der Waals surface area (Å²) in [5.74, 6) is 0.770. The summed E-state index contributed by atoms with van der Waals surface area (Å²) in [6, 6.07) is 0. The molecule has 28 heavy (non-hydrogen) atoms. The fourth-order valence-corrected chi connectivity index (χ4v) is 4.24. The number of rotatable bonds is 6. The topological polar surface area (TPSA) is 74.2 Å². The van der Waals surface area contributed by atoms with Crippen molar-refractivity contribution >= 4 is 41.8 Å². The Hall–Kier alpha value is -1.06. The first kappa shape index (κ1) is 25.0. The number of carbonyl (C=O) groups excluding carboxylic acids is 2. The minimum atomic E-state index is -0.375. The molecule has 1 amide bonds. The van der Waals surface area contributed by atoms with E-state index in [4.69, 9.17) is 9.73 Å². The molecule has 1 heterocycles. The molecule has 1 aliphatic carbocycles. The van der Waals surface area contributed by atoms with Gasteiger partial charge in [0, 0.05) is 33.7 Å². The molecule has 1 saturated carbocycles. The largest absolute Gasteiger partial charge is 0.466 e. The summed E-state index contributed by atoms with van der Waals surface area (Å²) in [5, 5.41) is 3.35. The molecule has 2 fully saturated rings. The Bertz CT molecular complexity index is 548. The second-order valence-electron chi connectivity index (χ2n) is 7.89. The number of carbonyl (C=O) groups is 2. The number of nitrogens with zero attached hydrogens (tertiary/aromatic N) is 3. The highest BCUT2D eigenvalue weighted by atomic mass is 127. The minimum Gasteiger partial charge on any atom is -0.466 e. The second kappa shape index (κ2) is 11.8. The van der Waals surface area contributed by atoms with Crippen molar-refractivity contribution in [1.29, 1.82) is 0 Å². The minimum absolute atomic E-state index is 0. The van der Waals surface area contributed by atoms with Gasteiger partial charge in [0.25, 0.3) is 0 Å². The van der Waals surface area contributed by atoms with Crippen molar-refractivity contribution in [3.05, 3.63) is 0 Å². The Labute approximate surface area is 186 Å². The number of hydrogen-bond donors (Lipinski definition) is 1. The van der Waals surface area contributed by atoms with Gasteiger partial charge in [0.2, 0.25) is 5.91 Å². The molecular formula is C20H37IN4O3. The molecule has 1 N–H and O–H groups in total. The molecule has 0 aromatic carbocycles. The average Bonchev–Trinajstić information content (AvgIpc) is 3.14. The monoisotopic (exact) mass is 508 g/mol. The smallest absolute Gasteiger partial charge is 0.310 e. The highest BCUT2D eigenvalue weighted by Crippen LogP contribution is 2.39. The maximum Gasteiger partial charge on any atom is 0.310 e. The fraction of sp³-hybridized carbons (Fsp3) is 0.850. The Morgan fingerprint density at radius 2 is 1.89 bits per heavy atom. The molecular weight excluding hydrogens is 471 g/mol. The van der Waals surface area contributed by atoms with Crippen LogP contribution < -0.4 is 5.32 Å². The van der Waals surface area contributed by atoms with Crippen molar-refractivity contribution in [2.75, 3.05) is 46.9 Å². The Balaban J connectivity index is 0.00000392. The van der Waals surface area contributed by atoms with Gasteiger partial charge in [0.05, 0.1) is 24.5 Å². The second-order valence-corrected chi connectivity index (χ2v) is 7.89. The Morgan fingerprint density at radius 3 is 2.46 bits per heavy atom. The Kier molecular flexibility index (Phi) is 10.5. The molecule has 0 aromatic heterocycles. The first-order valence-electron chi connectivity index (χ1n) is 10.3. The lowest BCUT2D eigenvalue weighted by Crippen LogP contribution is -2.49. The van der Waals surface area contributed by atoms with E-state index in [-0.39, 0.29) is 47.2 Å². The summed E-state index contributed by atoms with van der Waals surface area (Å²) in [6.07, 6.45) is 5.77. The number of ether oxygens (including phenoxy) is 1. The van der Waals surface area contributed by atoms with Gasteiger partial charge in [0.15, 0.2) is 5.96 Å². The predicted octanol–water partition coefficient (Wildman–Crippen LogP) is 2.49. The van der Waals surface area contributed by atoms with Crippen molar-refractivity contribution in [3.8, 4) is 0 Å². The summed E-state index contributed by atoms with van der Waals surface area (Å²) in [5.41, 5.74) is -0.375. The van der Waals surface area contributed by atoms with Crippen molar-refractivity contribution < 1.29 is 14.3 Å². The summed E-state index contributed by atoms with van der Waals surface area (Å²) >= 11 is 0. The predicted molar refractivity (Wildman–Crippen MR) is 122 cm³/mol. The summed E-state index contributed by atoms with van der Waals surface area (Å²) < 4.78 is 5.21. The highest BCUT2D eigenvalue weighted by molar-refractivity contribution is 14.0. The zero-order valence-corrected chi connectivity index (χ0v) is 20.2. The molecule has 0 bridgehead atoms. The quantitative estimate of drug-likeness (QED) is 0.258. The number of hydrogen-bond acceptors (Lipinski definition) is 4. The lowest BCUT2D eigenvalue weighted by atomic mass is 9.85. The molecule has 0 radical (unpaired) electrons. The summed E-state index contributed by atoms with van der Waals surface area (Å²) in [4.78, 5) is 33.7. The van der Waals surface area contributed by atoms with Gasteiger partial charge in [-0.2, -0.15) is 0 Å². The van der Waals surface area contributed by atoms with Crippen molar-refractivity contribution in [3.63, 3.8) is 0 Å². The van der Waals surface area contributed by atoms with Gasteiger partial charge in [-0.05, 0) is 39.5 Å². The molecule has 7 nitrogen and oxygen atoms in total. The van der Waals surface area contributed by atoms with E-state index in [1.54, 1.807) is 4.90 Å². The van der Waals surface area contributed by atoms with E-state index in [1.807, 2.05) is 27.9 Å². The van der Waals surface area contributed by atoms with Crippen LogP contribution in [-0.4, -0.2) is 74.5 Å². The lowest BCUT2D eigenvalue weighted by molar-refractivity contribution is -0.149. The first-order chi connectivity index (χ1) is 12.9. The van der Waals surface area contributed by atoms with Crippen LogP contribution in [0.25, 0.3) is 0 Å². The van der Waals surface area contributed by atoms with Crippen LogP contribution >= 0.6 is 24.0 Å². The van der Waals surface area contributed by atoms with Crippen LogP contribution in [0.4, 0.5) is 0 Å². The van der Waals surface area contributed by atoms with E-state index in [9.17, 15) is 9.59 Å². The van der Waals surface area contributed by atoms with Gasteiger partial charge in [-0.3, -0.25) is 14.6 Å². The van der Waals surface area contributed by atoms with Crippen LogP contribution in [0, 0.1) is 11.3 Å². The molecule has 1 unspecified atom stereocenters. The number of aliphatic imine (C=N–C) groups is 1. The van der Waals surface area contributed by atoms with Gasteiger partial charge in [-0.25, -0.2) is 0 Å². The van der Waals surface area contributed by atoms with E-state index in [2.05, 4.69) is 10.2 Å². The van der Waals surface area contributed by atoms with E-state index in [0.29, 0.717) is 19.7 Å². The molecule has 0 spiro atoms. The van der Waals surface area contributed by atoms with Gasteiger partial charge in [-0.1, -0.05) is 12.8 Å². The molecule has 1 atom stereocenters. The van der Waals surface area contributed by atoms with Gasteiger partial charge >= 0.3 is 5.97 Å². The van der Waals surface area contributed by atoms with E-state index in [1.165, 1.54) is 0 Å². The van der Waals surface area contributed by atoms with Gasteiger partial charge < -0.3 is 19.9 Å². The number of esters is 1. The van der Waals surface area contributed by atoms with Gasteiger partial charge in [0.1, 0.15) is 0 Å². The van der Waals surface area contributed by atoms with Crippen LogP contribution in [-0.2, 0) is 14.3 Å². The van der Waals surface area contributed by atoms with Crippen LogP contribution in [0.15, 0.2) is 4.99 Å². The molecule has 1 saturated heterocycles. The van der Waals surface area contributed by atoms with Crippen molar-refractivity contribution in [2.45, 2.75) is 52.4 Å². The number of amides is 1. The van der Waals surface area contributed by atoms with Crippen LogP contribution in [0.2, 0.25) is 0 Å². The molecule has 2 rings (SSSR count). The maximum absolute atomic E-state index is 12.8. The SMILES string of the molecule is CCNC(=NCC1(C(=O)N(C)C)CCCC1)N1CCCC(C(=O)OCC)C1.I. The third-order valence-corrected chi connectivity index (χ3v) is 5.63. The van der Waals surface area contributed by atoms with Crippen molar-refractivity contribution in [2.24, 2.45) is 16.3 Å². The van der Waals surface area contributed by atoms with E-state index >= 15 is 0 Å². The molecule has 2 aliphatic rings. The van der Waals surface area contributed by atoms with Crippen LogP contribution in [0.1, 0.15) is 52.4 Å². The highest BCUT2D eigenvalue weighted by Gasteiger charge is 2.42. The van der Waals surface area contributed by atoms with Crippen molar-refractivity contribution in [1.82, 2.24) is 15.1 Å². The number of halogens is 1. The molecule has 162 valence electrons. The lowest BCUT2D eigenvalue weighted by Gasteiger charge is -2.35. The number of likely N-dealkylation sites (tertiary alicyclic amines) is 1. The molecule has 8 heteroatoms. The van der Waals surface area contributed by atoms with E-state index < -0.39 is 0 Å². The fourth-order valence-electron chi connectivity index (χ4n) is 4.24. The summed E-state index contributed by atoms with van der Waals surface area (Å²) in [6.45, 7) is 7.06. The third kappa shape index (κ3) is 6.22. The standard InChI is InChI=1S/C20H36N4O3.HI/c1-5-21-19(24-13-9-10-16(14-24)17(25)27-6-2)22-15-20(11-7-8-12-20)18(26)23(3)4;/h16H,5-15H2,1-4H3,(H,21,22);1H. The Morgan fingerprint density at radius 1 is 1.21 bits per heavy atom.